The van der Waals surface area contributed by atoms with Crippen LogP contribution in [0.5, 0.6) is 0 Å². The third-order valence-corrected chi connectivity index (χ3v) is 6.88. The Morgan fingerprint density at radius 2 is 2.13 bits per heavy atom. The lowest BCUT2D eigenvalue weighted by Gasteiger charge is -2.25. The van der Waals surface area contributed by atoms with Crippen LogP contribution < -0.4 is 4.72 Å². The normalized spacial score (nSPS) is 14.6. The molecule has 1 amide bonds. The van der Waals surface area contributed by atoms with Crippen LogP contribution in [0.1, 0.15) is 22.9 Å². The number of hydrogen-bond donors (Lipinski definition) is 1. The Kier molecular flexibility index (Phi) is 4.47. The van der Waals surface area contributed by atoms with Crippen LogP contribution in [-0.2, 0) is 34.3 Å². The Bertz CT molecular complexity index is 816. The molecule has 0 bridgehead atoms. The number of rotatable bonds is 4. The Labute approximate surface area is 139 Å². The first kappa shape index (κ1) is 16.1. The molecule has 0 radical (unpaired) electrons. The van der Waals surface area contributed by atoms with Gasteiger partial charge in [-0.3, -0.25) is 9.78 Å². The van der Waals surface area contributed by atoms with Gasteiger partial charge in [-0.25, -0.2) is 13.1 Å². The molecule has 23 heavy (non-hydrogen) atoms. The van der Waals surface area contributed by atoms with Crippen molar-refractivity contribution in [3.8, 4) is 0 Å². The van der Waals surface area contributed by atoms with Gasteiger partial charge in [0.25, 0.3) is 0 Å². The van der Waals surface area contributed by atoms with E-state index >= 15 is 0 Å². The van der Waals surface area contributed by atoms with E-state index in [0.29, 0.717) is 23.7 Å². The molecular weight excluding hydrogens is 334 g/mol. The first-order valence-electron chi connectivity index (χ1n) is 7.21. The van der Waals surface area contributed by atoms with Crippen LogP contribution in [0, 0.1) is 0 Å². The van der Waals surface area contributed by atoms with E-state index < -0.39 is 10.0 Å². The van der Waals surface area contributed by atoms with Crippen molar-refractivity contribution >= 4 is 27.3 Å². The topological polar surface area (TPSA) is 79.4 Å². The molecule has 0 saturated carbocycles. The average Bonchev–Trinajstić information content (AvgIpc) is 2.98. The summed E-state index contributed by atoms with van der Waals surface area (Å²) in [5.74, 6) is 0.0158. The Balaban J connectivity index is 1.75. The maximum absolute atomic E-state index is 12.4. The Morgan fingerprint density at radius 1 is 1.39 bits per heavy atom. The van der Waals surface area contributed by atoms with Gasteiger partial charge >= 0.3 is 0 Å². The zero-order valence-corrected chi connectivity index (χ0v) is 14.3. The van der Waals surface area contributed by atoms with Crippen LogP contribution in [0.2, 0.25) is 0 Å². The van der Waals surface area contributed by atoms with Crippen molar-refractivity contribution in [2.45, 2.75) is 30.6 Å². The molecule has 0 spiro atoms. The monoisotopic (exact) mass is 351 g/mol. The summed E-state index contributed by atoms with van der Waals surface area (Å²) in [5, 5.41) is 0. The summed E-state index contributed by atoms with van der Waals surface area (Å²) in [5.41, 5.74) is 1.79. The second-order valence-electron chi connectivity index (χ2n) is 5.38. The molecule has 8 heteroatoms. The lowest BCUT2D eigenvalue weighted by molar-refractivity contribution is -0.129. The fraction of sp³-hybridized carbons (Fsp3) is 0.333. The summed E-state index contributed by atoms with van der Waals surface area (Å²) in [7, 11) is -3.55. The third-order valence-electron chi connectivity index (χ3n) is 3.77. The van der Waals surface area contributed by atoms with Crippen molar-refractivity contribution in [1.82, 2.24) is 14.6 Å². The van der Waals surface area contributed by atoms with Gasteiger partial charge in [-0.1, -0.05) is 0 Å². The van der Waals surface area contributed by atoms with Crippen molar-refractivity contribution in [3.05, 3.63) is 46.6 Å². The van der Waals surface area contributed by atoms with Gasteiger partial charge in [-0.2, -0.15) is 0 Å². The summed E-state index contributed by atoms with van der Waals surface area (Å²) < 4.78 is 27.8. The van der Waals surface area contributed by atoms with E-state index in [9.17, 15) is 13.2 Å². The number of amides is 1. The number of nitrogens with zero attached hydrogens (tertiary/aromatic N) is 2. The van der Waals surface area contributed by atoms with Gasteiger partial charge in [-0.05, 0) is 35.7 Å². The molecule has 0 atom stereocenters. The molecule has 0 saturated heterocycles. The molecular formula is C15H17N3O3S2. The molecule has 2 aromatic heterocycles. The Morgan fingerprint density at radius 3 is 2.83 bits per heavy atom. The van der Waals surface area contributed by atoms with E-state index in [1.165, 1.54) is 18.3 Å². The molecule has 3 rings (SSSR count). The van der Waals surface area contributed by atoms with Gasteiger partial charge < -0.3 is 4.90 Å². The third kappa shape index (κ3) is 3.60. The van der Waals surface area contributed by atoms with Crippen LogP contribution in [0.3, 0.4) is 0 Å². The smallest absolute Gasteiger partial charge is 0.250 e. The molecule has 0 aliphatic carbocycles. The number of aromatic nitrogens is 1. The van der Waals surface area contributed by atoms with Gasteiger partial charge in [-0.15, -0.1) is 11.3 Å². The second-order valence-corrected chi connectivity index (χ2v) is 8.51. The van der Waals surface area contributed by atoms with Crippen molar-refractivity contribution in [2.75, 3.05) is 6.54 Å². The van der Waals surface area contributed by atoms with E-state index in [0.717, 1.165) is 16.0 Å². The molecule has 3 heterocycles. The molecule has 0 fully saturated rings. The highest BCUT2D eigenvalue weighted by Crippen LogP contribution is 2.31. The van der Waals surface area contributed by atoms with E-state index in [2.05, 4.69) is 9.71 Å². The summed E-state index contributed by atoms with van der Waals surface area (Å²) in [6.45, 7) is 2.89. The molecule has 2 aromatic rings. The molecule has 1 aliphatic heterocycles. The minimum absolute atomic E-state index is 0.0158. The van der Waals surface area contributed by atoms with Gasteiger partial charge in [0, 0.05) is 43.8 Å². The number of hydrogen-bond acceptors (Lipinski definition) is 5. The molecule has 122 valence electrons. The molecule has 0 unspecified atom stereocenters. The fourth-order valence-corrected chi connectivity index (χ4v) is 5.06. The standard InChI is InChI=1S/C15H17N3O3S2/c1-11(19)18-7-4-14-13(10-18)8-15(22-14)23(20,21)17-9-12-2-5-16-6-3-12/h2-3,5-6,8,17H,4,7,9-10H2,1H3. The van der Waals surface area contributed by atoms with E-state index in [1.807, 2.05) is 0 Å². The van der Waals surface area contributed by atoms with Crippen LogP contribution in [-0.4, -0.2) is 30.8 Å². The number of sulfonamides is 1. The highest BCUT2D eigenvalue weighted by molar-refractivity contribution is 7.91. The molecule has 0 aromatic carbocycles. The van der Waals surface area contributed by atoms with Crippen LogP contribution in [0.15, 0.2) is 34.8 Å². The van der Waals surface area contributed by atoms with Crippen molar-refractivity contribution in [3.63, 3.8) is 0 Å². The van der Waals surface area contributed by atoms with Gasteiger partial charge in [0.15, 0.2) is 0 Å². The number of thiophene rings is 1. The lowest BCUT2D eigenvalue weighted by Crippen LogP contribution is -2.33. The first-order valence-corrected chi connectivity index (χ1v) is 9.51. The largest absolute Gasteiger partial charge is 0.338 e. The summed E-state index contributed by atoms with van der Waals surface area (Å²) in [6, 6.07) is 5.23. The van der Waals surface area contributed by atoms with Crippen LogP contribution >= 0.6 is 11.3 Å². The number of nitrogens with one attached hydrogen (secondary N) is 1. The van der Waals surface area contributed by atoms with Gasteiger partial charge in [0.05, 0.1) is 0 Å². The maximum Gasteiger partial charge on any atom is 0.250 e. The zero-order chi connectivity index (χ0) is 16.4. The summed E-state index contributed by atoms with van der Waals surface area (Å²) in [4.78, 5) is 18.2. The van der Waals surface area contributed by atoms with E-state index in [-0.39, 0.29) is 12.5 Å². The minimum atomic E-state index is -3.55. The number of pyridine rings is 1. The van der Waals surface area contributed by atoms with E-state index in [1.54, 1.807) is 35.5 Å². The molecule has 1 aliphatic rings. The van der Waals surface area contributed by atoms with Crippen molar-refractivity contribution in [2.24, 2.45) is 0 Å². The first-order chi connectivity index (χ1) is 11.0. The van der Waals surface area contributed by atoms with Crippen LogP contribution in [0.4, 0.5) is 0 Å². The number of carbonyl (C=O) groups excluding carboxylic acids is 1. The quantitative estimate of drug-likeness (QED) is 0.906. The van der Waals surface area contributed by atoms with Crippen LogP contribution in [0.25, 0.3) is 0 Å². The predicted molar refractivity (Wildman–Crippen MR) is 87.4 cm³/mol. The minimum Gasteiger partial charge on any atom is -0.338 e. The van der Waals surface area contributed by atoms with E-state index in [4.69, 9.17) is 0 Å². The Hall–Kier alpha value is -1.77. The fourth-order valence-electron chi connectivity index (χ4n) is 2.46. The lowest BCUT2D eigenvalue weighted by atomic mass is 10.1. The SMILES string of the molecule is CC(=O)N1CCc2sc(S(=O)(=O)NCc3ccncc3)cc2C1. The number of carbonyl (C=O) groups is 1. The highest BCUT2D eigenvalue weighted by atomic mass is 32.2. The average molecular weight is 351 g/mol. The summed E-state index contributed by atoms with van der Waals surface area (Å²) >= 11 is 1.29. The maximum atomic E-state index is 12.4. The molecule has 1 N–H and O–H groups in total. The highest BCUT2D eigenvalue weighted by Gasteiger charge is 2.25. The van der Waals surface area contributed by atoms with Crippen molar-refractivity contribution < 1.29 is 13.2 Å². The second kappa shape index (κ2) is 6.38. The van der Waals surface area contributed by atoms with Gasteiger partial charge in [0.2, 0.25) is 15.9 Å². The predicted octanol–water partition coefficient (Wildman–Crippen LogP) is 1.53. The number of fused-ring (bicyclic) bond motifs is 1. The summed E-state index contributed by atoms with van der Waals surface area (Å²) in [6.07, 6.45) is 3.97. The molecule has 6 nitrogen and oxygen atoms in total. The van der Waals surface area contributed by atoms with Crippen molar-refractivity contribution in [1.29, 1.82) is 0 Å². The van der Waals surface area contributed by atoms with Gasteiger partial charge in [0.1, 0.15) is 4.21 Å². The zero-order valence-electron chi connectivity index (χ0n) is 12.7.